The molecule has 1 aromatic carbocycles. The van der Waals surface area contributed by atoms with Gasteiger partial charge in [-0.1, -0.05) is 12.1 Å². The van der Waals surface area contributed by atoms with E-state index in [9.17, 15) is 0 Å². The van der Waals surface area contributed by atoms with Crippen LogP contribution in [0.3, 0.4) is 0 Å². The highest BCUT2D eigenvalue weighted by atomic mass is 15.4. The summed E-state index contributed by atoms with van der Waals surface area (Å²) >= 11 is 0. The summed E-state index contributed by atoms with van der Waals surface area (Å²) in [5, 5.41) is 5.58. The molecule has 0 unspecified atom stereocenters. The molecule has 1 saturated carbocycles. The molecule has 3 N–H and O–H groups in total. The average Bonchev–Trinajstić information content (AvgIpc) is 3.24. The van der Waals surface area contributed by atoms with Crippen LogP contribution in [-0.4, -0.2) is 19.7 Å². The molecule has 0 saturated heterocycles. The zero-order valence-electron chi connectivity index (χ0n) is 10.8. The van der Waals surface area contributed by atoms with Crippen molar-refractivity contribution in [2.45, 2.75) is 18.8 Å². The second kappa shape index (κ2) is 4.28. The number of anilines is 1. The van der Waals surface area contributed by atoms with Gasteiger partial charge in [0, 0.05) is 17.5 Å². The van der Waals surface area contributed by atoms with E-state index in [-0.39, 0.29) is 0 Å². The minimum absolute atomic E-state index is 0.391. The van der Waals surface area contributed by atoms with E-state index in [0.29, 0.717) is 11.9 Å². The van der Waals surface area contributed by atoms with Crippen LogP contribution in [0.25, 0.3) is 16.7 Å². The number of benzene rings is 1. The third-order valence-corrected chi connectivity index (χ3v) is 3.53. The van der Waals surface area contributed by atoms with Gasteiger partial charge in [0.2, 0.25) is 5.95 Å². The Kier molecular flexibility index (Phi) is 2.43. The molecule has 1 aliphatic carbocycles. The zero-order valence-corrected chi connectivity index (χ0v) is 10.8. The fourth-order valence-corrected chi connectivity index (χ4v) is 2.35. The molecule has 0 atom stereocenters. The lowest BCUT2D eigenvalue weighted by molar-refractivity contribution is 0.817. The van der Waals surface area contributed by atoms with E-state index < -0.39 is 0 Å². The first kappa shape index (κ1) is 11.4. The highest BCUT2D eigenvalue weighted by Crippen LogP contribution is 2.39. The number of hydrogen-bond donors (Lipinski definition) is 2. The number of nitrogens with zero attached hydrogens (tertiary/aromatic N) is 4. The number of fused-ring (bicyclic) bond motifs is 1. The van der Waals surface area contributed by atoms with E-state index >= 15 is 0 Å². The van der Waals surface area contributed by atoms with Crippen molar-refractivity contribution in [1.82, 2.24) is 19.7 Å². The second-order valence-electron chi connectivity index (χ2n) is 4.99. The molecule has 0 aliphatic heterocycles. The van der Waals surface area contributed by atoms with Gasteiger partial charge in [0.15, 0.2) is 5.82 Å². The Morgan fingerprint density at radius 2 is 2.00 bits per heavy atom. The fraction of sp³-hybridized carbons (Fsp3) is 0.214. The van der Waals surface area contributed by atoms with Crippen LogP contribution in [0.4, 0.5) is 5.95 Å². The van der Waals surface area contributed by atoms with Crippen molar-refractivity contribution >= 4 is 16.9 Å². The molecular weight excluding hydrogens is 252 g/mol. The number of nitrogens with one attached hydrogen (secondary N) is 1. The van der Waals surface area contributed by atoms with Gasteiger partial charge in [-0.25, -0.2) is 15.5 Å². The zero-order chi connectivity index (χ0) is 13.5. The molecule has 0 radical (unpaired) electrons. The highest BCUT2D eigenvalue weighted by Gasteiger charge is 2.26. The van der Waals surface area contributed by atoms with Gasteiger partial charge in [0.1, 0.15) is 0 Å². The van der Waals surface area contributed by atoms with Crippen molar-refractivity contribution in [3.63, 3.8) is 0 Å². The molecule has 1 aliphatic rings. The molecule has 0 spiro atoms. The Balaban J connectivity index is 1.91. The molecule has 3 aromatic rings. The third-order valence-electron chi connectivity index (χ3n) is 3.53. The molecular formula is C14H14N6. The van der Waals surface area contributed by atoms with Crippen LogP contribution in [0.1, 0.15) is 24.5 Å². The van der Waals surface area contributed by atoms with Crippen LogP contribution in [0.5, 0.6) is 0 Å². The summed E-state index contributed by atoms with van der Waals surface area (Å²) in [6.07, 6.45) is 4.41. The first-order valence-electron chi connectivity index (χ1n) is 6.64. The molecule has 6 heteroatoms. The number of para-hydroxylation sites is 1. The molecule has 0 amide bonds. The van der Waals surface area contributed by atoms with E-state index in [1.807, 2.05) is 30.5 Å². The van der Waals surface area contributed by atoms with E-state index in [4.69, 9.17) is 5.84 Å². The highest BCUT2D eigenvalue weighted by molar-refractivity contribution is 5.86. The second-order valence-corrected chi connectivity index (χ2v) is 4.99. The maximum Gasteiger partial charge on any atom is 0.239 e. The quantitative estimate of drug-likeness (QED) is 0.559. The lowest BCUT2D eigenvalue weighted by Gasteiger charge is -2.07. The smallest absolute Gasteiger partial charge is 0.239 e. The van der Waals surface area contributed by atoms with Crippen LogP contribution in [0, 0.1) is 0 Å². The van der Waals surface area contributed by atoms with Gasteiger partial charge in [-0.2, -0.15) is 10.1 Å². The summed E-state index contributed by atoms with van der Waals surface area (Å²) in [5.74, 6) is 7.20. The lowest BCUT2D eigenvalue weighted by atomic mass is 10.2. The van der Waals surface area contributed by atoms with Crippen LogP contribution in [0.15, 0.2) is 36.5 Å². The molecule has 2 heterocycles. The number of aromatic nitrogens is 4. The van der Waals surface area contributed by atoms with Crippen molar-refractivity contribution in [3.8, 4) is 5.82 Å². The Labute approximate surface area is 115 Å². The van der Waals surface area contributed by atoms with Crippen LogP contribution in [-0.2, 0) is 0 Å². The maximum atomic E-state index is 5.45. The molecule has 6 nitrogen and oxygen atoms in total. The summed E-state index contributed by atoms with van der Waals surface area (Å²) in [7, 11) is 0. The number of hydrogen-bond acceptors (Lipinski definition) is 5. The monoisotopic (exact) mass is 266 g/mol. The van der Waals surface area contributed by atoms with Crippen LogP contribution < -0.4 is 11.3 Å². The van der Waals surface area contributed by atoms with Gasteiger partial charge >= 0.3 is 0 Å². The van der Waals surface area contributed by atoms with Crippen molar-refractivity contribution in [2.75, 3.05) is 5.43 Å². The van der Waals surface area contributed by atoms with Gasteiger partial charge < -0.3 is 0 Å². The molecule has 2 aromatic heterocycles. The van der Waals surface area contributed by atoms with E-state index in [1.165, 1.54) is 12.8 Å². The van der Waals surface area contributed by atoms with Crippen LogP contribution >= 0.6 is 0 Å². The van der Waals surface area contributed by atoms with E-state index in [1.54, 1.807) is 4.68 Å². The van der Waals surface area contributed by atoms with Crippen LogP contribution in [0.2, 0.25) is 0 Å². The Bertz CT molecular complexity index is 774. The Hall–Kier alpha value is -2.47. The number of nitrogen functional groups attached to an aromatic ring is 1. The Morgan fingerprint density at radius 3 is 2.80 bits per heavy atom. The maximum absolute atomic E-state index is 5.45. The van der Waals surface area contributed by atoms with Crippen molar-refractivity contribution in [1.29, 1.82) is 0 Å². The summed E-state index contributed by atoms with van der Waals surface area (Å²) in [6.45, 7) is 0. The fourth-order valence-electron chi connectivity index (χ4n) is 2.35. The normalized spacial score (nSPS) is 14.7. The van der Waals surface area contributed by atoms with E-state index in [2.05, 4.69) is 26.6 Å². The predicted octanol–water partition coefficient (Wildman–Crippen LogP) is 1.98. The van der Waals surface area contributed by atoms with Crippen molar-refractivity contribution in [2.24, 2.45) is 5.84 Å². The molecule has 20 heavy (non-hydrogen) atoms. The van der Waals surface area contributed by atoms with E-state index in [0.717, 1.165) is 22.4 Å². The lowest BCUT2D eigenvalue weighted by Crippen LogP contribution is -2.12. The molecule has 100 valence electrons. The standard InChI is InChI=1S/C14H14N6/c15-18-14-16-12-4-2-1-3-10(12)13(17-14)20-8-7-11(19-20)9-5-6-9/h1-4,7-9H,5-6,15H2,(H,16,17,18). The first-order chi connectivity index (χ1) is 9.85. The predicted molar refractivity (Wildman–Crippen MR) is 76.4 cm³/mol. The largest absolute Gasteiger partial charge is 0.292 e. The minimum Gasteiger partial charge on any atom is -0.292 e. The minimum atomic E-state index is 0.391. The number of hydrazine groups is 1. The van der Waals surface area contributed by atoms with Gasteiger partial charge in [-0.05, 0) is 31.0 Å². The Morgan fingerprint density at radius 1 is 1.15 bits per heavy atom. The van der Waals surface area contributed by atoms with Gasteiger partial charge in [-0.15, -0.1) is 0 Å². The number of nitrogens with two attached hydrogens (primary N) is 1. The summed E-state index contributed by atoms with van der Waals surface area (Å²) in [4.78, 5) is 8.78. The number of rotatable bonds is 3. The summed E-state index contributed by atoms with van der Waals surface area (Å²) in [6, 6.07) is 9.90. The summed E-state index contributed by atoms with van der Waals surface area (Å²) in [5.41, 5.74) is 4.48. The first-order valence-corrected chi connectivity index (χ1v) is 6.64. The van der Waals surface area contributed by atoms with Gasteiger partial charge in [0.25, 0.3) is 0 Å². The SMILES string of the molecule is NNc1nc(-n2ccc(C3CC3)n2)c2ccccc2n1. The van der Waals surface area contributed by atoms with Crippen molar-refractivity contribution in [3.05, 3.63) is 42.2 Å². The van der Waals surface area contributed by atoms with Crippen molar-refractivity contribution < 1.29 is 0 Å². The summed E-state index contributed by atoms with van der Waals surface area (Å²) < 4.78 is 1.80. The molecule has 4 rings (SSSR count). The molecule has 1 fully saturated rings. The average molecular weight is 266 g/mol. The van der Waals surface area contributed by atoms with Gasteiger partial charge in [0.05, 0.1) is 11.2 Å². The third kappa shape index (κ3) is 1.81. The molecule has 0 bridgehead atoms. The topological polar surface area (TPSA) is 81.6 Å². The van der Waals surface area contributed by atoms with Gasteiger partial charge in [-0.3, -0.25) is 5.43 Å².